The number of ether oxygens (including phenoxy) is 2. The van der Waals surface area contributed by atoms with Gasteiger partial charge in [-0.2, -0.15) is 26.3 Å². The molecule has 0 radical (unpaired) electrons. The Kier molecular flexibility index (Phi) is 9.54. The lowest BCUT2D eigenvalue weighted by atomic mass is 9.72. The Bertz CT molecular complexity index is 1730. The highest BCUT2D eigenvalue weighted by Gasteiger charge is 2.72. The number of rotatable bonds is 6. The summed E-state index contributed by atoms with van der Waals surface area (Å²) in [6, 6.07) is 25.0. The molecular weight excluding hydrogens is 630 g/mol. The maximum absolute atomic E-state index is 13.8. The van der Waals surface area contributed by atoms with Crippen molar-refractivity contribution in [1.82, 2.24) is 0 Å². The van der Waals surface area contributed by atoms with Gasteiger partial charge < -0.3 is 42.6 Å². The molecule has 14 heteroatoms. The topological polar surface area (TPSA) is 163 Å². The van der Waals surface area contributed by atoms with Crippen LogP contribution in [-0.2, 0) is 5.41 Å². The minimum absolute atomic E-state index is 0.402. The number of hydrogen-bond donors (Lipinski definition) is 6. The van der Waals surface area contributed by atoms with Gasteiger partial charge in [0.25, 0.3) is 0 Å². The lowest BCUT2D eigenvalue weighted by Gasteiger charge is -2.38. The number of halogens is 6. The fourth-order valence-corrected chi connectivity index (χ4v) is 4.59. The number of aromatic hydroxyl groups is 2. The number of hydrogen-bond acceptors (Lipinski definition) is 8. The highest BCUT2D eigenvalue weighted by atomic mass is 19.4. The van der Waals surface area contributed by atoms with Crippen molar-refractivity contribution in [3.63, 3.8) is 0 Å². The van der Waals surface area contributed by atoms with Gasteiger partial charge in [0.2, 0.25) is 5.41 Å². The van der Waals surface area contributed by atoms with E-state index in [4.69, 9.17) is 32.4 Å². The van der Waals surface area contributed by atoms with Crippen molar-refractivity contribution in [3.05, 3.63) is 120 Å². The summed E-state index contributed by atoms with van der Waals surface area (Å²) in [5, 5.41) is 18.7. The Balaban J connectivity index is 0.000000214. The molecule has 246 valence electrons. The first-order valence-corrected chi connectivity index (χ1v) is 13.5. The fraction of sp³-hybridized carbons (Fsp3) is 0.0909. The van der Waals surface area contributed by atoms with Crippen LogP contribution < -0.4 is 32.4 Å². The van der Waals surface area contributed by atoms with Crippen LogP contribution in [-0.4, -0.2) is 22.6 Å². The van der Waals surface area contributed by atoms with E-state index in [1.165, 1.54) is 0 Å². The second-order valence-corrected chi connectivity index (χ2v) is 10.1. The van der Waals surface area contributed by atoms with Gasteiger partial charge in [-0.05, 0) is 71.8 Å². The zero-order valence-corrected chi connectivity index (χ0v) is 24.2. The van der Waals surface area contributed by atoms with Gasteiger partial charge in [-0.25, -0.2) is 0 Å². The summed E-state index contributed by atoms with van der Waals surface area (Å²) in [7, 11) is 0. The number of benzene rings is 5. The van der Waals surface area contributed by atoms with Crippen molar-refractivity contribution in [2.75, 3.05) is 22.9 Å². The van der Waals surface area contributed by atoms with Crippen LogP contribution in [0, 0.1) is 0 Å². The SMILES string of the molecule is Nc1cc(C(c2ccc(O)c(N)c2)(C(F)(F)F)C(F)(F)F)ccc1O.Nc1cccc(Oc2ccccc2Oc2cccc(N)c2)c1. The van der Waals surface area contributed by atoms with Crippen LogP contribution in [0.2, 0.25) is 0 Å². The Hall–Kier alpha value is -5.92. The number of alkyl halides is 6. The van der Waals surface area contributed by atoms with Crippen LogP contribution in [0.5, 0.6) is 34.5 Å². The van der Waals surface area contributed by atoms with E-state index in [-0.39, 0.29) is 0 Å². The second-order valence-electron chi connectivity index (χ2n) is 10.1. The average molecular weight is 659 g/mol. The molecule has 8 nitrogen and oxygen atoms in total. The Morgan fingerprint density at radius 2 is 0.851 bits per heavy atom. The molecule has 0 unspecified atom stereocenters. The van der Waals surface area contributed by atoms with E-state index in [0.717, 1.165) is 0 Å². The van der Waals surface area contributed by atoms with E-state index in [1.807, 2.05) is 60.7 Å². The molecule has 0 bridgehead atoms. The summed E-state index contributed by atoms with van der Waals surface area (Å²) in [6.45, 7) is 0. The molecule has 5 aromatic carbocycles. The molecule has 0 saturated heterocycles. The van der Waals surface area contributed by atoms with Crippen molar-refractivity contribution >= 4 is 22.7 Å². The van der Waals surface area contributed by atoms with Crippen molar-refractivity contribution in [2.24, 2.45) is 0 Å². The van der Waals surface area contributed by atoms with Crippen molar-refractivity contribution in [1.29, 1.82) is 0 Å². The largest absolute Gasteiger partial charge is 0.506 e. The predicted octanol–water partition coefficient (Wildman–Crippen LogP) is 8.11. The van der Waals surface area contributed by atoms with Gasteiger partial charge in [0.15, 0.2) is 11.5 Å². The number of nitrogen functional groups attached to an aromatic ring is 4. The molecule has 0 spiro atoms. The van der Waals surface area contributed by atoms with Crippen molar-refractivity contribution in [2.45, 2.75) is 17.8 Å². The molecule has 0 aliphatic carbocycles. The summed E-state index contributed by atoms with van der Waals surface area (Å²) in [5.74, 6) is 1.21. The van der Waals surface area contributed by atoms with Crippen LogP contribution in [0.3, 0.4) is 0 Å². The highest BCUT2D eigenvalue weighted by molar-refractivity contribution is 5.61. The lowest BCUT2D eigenvalue weighted by molar-refractivity contribution is -0.288. The Morgan fingerprint density at radius 3 is 1.17 bits per heavy atom. The summed E-state index contributed by atoms with van der Waals surface area (Å²) in [4.78, 5) is 0. The standard InChI is InChI=1S/C18H16N2O2.C15H12F6N2O2/c19-13-5-3-7-15(11-13)21-17-9-1-2-10-18(17)22-16-8-4-6-14(20)12-16;16-14(17,18)13(15(19,20)21,7-1-3-11(24)9(22)5-7)8-2-4-12(25)10(23)6-8/h1-12H,19-20H2;1-6,24-25H,22-23H2. The van der Waals surface area contributed by atoms with Crippen molar-refractivity contribution in [3.8, 4) is 34.5 Å². The summed E-state index contributed by atoms with van der Waals surface area (Å²) in [6.07, 6.45) is -11.6. The number of anilines is 4. The molecule has 5 rings (SSSR count). The molecular formula is C33H28F6N4O4. The Labute approximate surface area is 264 Å². The Morgan fingerprint density at radius 1 is 0.468 bits per heavy atom. The first kappa shape index (κ1) is 34.0. The van der Waals surface area contributed by atoms with E-state index < -0.39 is 51.8 Å². The molecule has 10 N–H and O–H groups in total. The second kappa shape index (κ2) is 13.2. The summed E-state index contributed by atoms with van der Waals surface area (Å²) >= 11 is 0. The molecule has 5 aromatic rings. The van der Waals surface area contributed by atoms with Gasteiger partial charge >= 0.3 is 12.4 Å². The predicted molar refractivity (Wildman–Crippen MR) is 166 cm³/mol. The van der Waals surface area contributed by atoms with Crippen LogP contribution >= 0.6 is 0 Å². The molecule has 0 saturated carbocycles. The van der Waals surface area contributed by atoms with Crippen LogP contribution in [0.15, 0.2) is 109 Å². The summed E-state index contributed by atoms with van der Waals surface area (Å²) in [5.41, 5.74) is 15.2. The first-order chi connectivity index (χ1) is 22.0. The monoisotopic (exact) mass is 658 g/mol. The zero-order chi connectivity index (χ0) is 34.6. The van der Waals surface area contributed by atoms with Crippen LogP contribution in [0.4, 0.5) is 49.1 Å². The smallest absolute Gasteiger partial charge is 0.411 e. The third-order valence-corrected chi connectivity index (χ3v) is 6.79. The quantitative estimate of drug-likeness (QED) is 0.0605. The van der Waals surface area contributed by atoms with E-state index >= 15 is 0 Å². The number of phenolic OH excluding ortho intramolecular Hbond substituents is 2. The minimum atomic E-state index is -5.82. The molecule has 47 heavy (non-hydrogen) atoms. The third-order valence-electron chi connectivity index (χ3n) is 6.79. The lowest BCUT2D eigenvalue weighted by Crippen LogP contribution is -2.54. The van der Waals surface area contributed by atoms with E-state index in [9.17, 15) is 36.6 Å². The normalized spacial score (nSPS) is 11.7. The highest BCUT2D eigenvalue weighted by Crippen LogP contribution is 2.57. The molecule has 0 aliphatic heterocycles. The third kappa shape index (κ3) is 7.32. The molecule has 0 aliphatic rings. The van der Waals surface area contributed by atoms with Crippen molar-refractivity contribution < 1.29 is 46.0 Å². The average Bonchev–Trinajstić information content (AvgIpc) is 2.97. The molecule has 0 atom stereocenters. The van der Waals surface area contributed by atoms with Gasteiger partial charge in [0.1, 0.15) is 23.0 Å². The van der Waals surface area contributed by atoms with Gasteiger partial charge in [0.05, 0.1) is 11.4 Å². The number of nitrogens with two attached hydrogens (primary N) is 4. The van der Waals surface area contributed by atoms with Gasteiger partial charge in [-0.3, -0.25) is 0 Å². The molecule has 0 heterocycles. The number of phenols is 2. The van der Waals surface area contributed by atoms with Gasteiger partial charge in [-0.15, -0.1) is 0 Å². The molecule has 0 fully saturated rings. The van der Waals surface area contributed by atoms with E-state index in [1.54, 1.807) is 12.1 Å². The van der Waals surface area contributed by atoms with Crippen LogP contribution in [0.25, 0.3) is 0 Å². The minimum Gasteiger partial charge on any atom is -0.506 e. The van der Waals surface area contributed by atoms with Gasteiger partial charge in [-0.1, -0.05) is 36.4 Å². The van der Waals surface area contributed by atoms with E-state index in [2.05, 4.69) is 0 Å². The maximum Gasteiger partial charge on any atom is 0.411 e. The molecule has 0 aromatic heterocycles. The van der Waals surface area contributed by atoms with E-state index in [0.29, 0.717) is 70.8 Å². The summed E-state index contributed by atoms with van der Waals surface area (Å²) < 4.78 is 94.4. The molecule has 0 amide bonds. The van der Waals surface area contributed by atoms with Gasteiger partial charge in [0, 0.05) is 23.5 Å². The first-order valence-electron chi connectivity index (χ1n) is 13.5. The van der Waals surface area contributed by atoms with Crippen LogP contribution in [0.1, 0.15) is 11.1 Å². The fourth-order valence-electron chi connectivity index (χ4n) is 4.59. The maximum atomic E-state index is 13.8. The number of para-hydroxylation sites is 2. The zero-order valence-electron chi connectivity index (χ0n) is 24.2.